The second-order valence-electron chi connectivity index (χ2n) is 9.37. The summed E-state index contributed by atoms with van der Waals surface area (Å²) in [6.07, 6.45) is 3.43. The van der Waals surface area contributed by atoms with E-state index in [1.165, 1.54) is 42.4 Å². The minimum atomic E-state index is -4.40. The minimum absolute atomic E-state index is 0.147. The van der Waals surface area contributed by atoms with Crippen LogP contribution >= 0.6 is 11.9 Å². The van der Waals surface area contributed by atoms with Gasteiger partial charge in [-0.2, -0.15) is 18.3 Å². The predicted molar refractivity (Wildman–Crippen MR) is 134 cm³/mol. The first kappa shape index (κ1) is 24.6. The van der Waals surface area contributed by atoms with E-state index in [0.29, 0.717) is 36.5 Å². The maximum Gasteiger partial charge on any atom is 0.416 e. The van der Waals surface area contributed by atoms with Crippen molar-refractivity contribution in [3.05, 3.63) is 101 Å². The molecule has 1 N–H and O–H groups in total. The second kappa shape index (κ2) is 9.25. The van der Waals surface area contributed by atoms with Crippen molar-refractivity contribution in [3.8, 4) is 5.69 Å². The third-order valence-electron chi connectivity index (χ3n) is 7.02. The molecule has 11 heteroatoms. The number of Topliss-reactive ketones (excluding diaryl/α,β-unsaturated/α-hetero) is 1. The smallest absolute Gasteiger partial charge is 0.342 e. The van der Waals surface area contributed by atoms with E-state index in [9.17, 15) is 22.4 Å². The number of H-pyrrole nitrogens is 1. The lowest BCUT2D eigenvalue weighted by atomic mass is 9.66. The molecule has 4 aromatic rings. The van der Waals surface area contributed by atoms with E-state index in [2.05, 4.69) is 15.1 Å². The third-order valence-corrected chi connectivity index (χ3v) is 8.07. The summed E-state index contributed by atoms with van der Waals surface area (Å²) in [4.78, 5) is 21.7. The summed E-state index contributed by atoms with van der Waals surface area (Å²) >= 11 is 1.34. The van der Waals surface area contributed by atoms with Crippen LogP contribution in [0.15, 0.2) is 77.6 Å². The number of hydrogen-bond acceptors (Lipinski definition) is 5. The summed E-state index contributed by atoms with van der Waals surface area (Å²) in [6, 6.07) is 11.1. The van der Waals surface area contributed by atoms with Crippen molar-refractivity contribution in [2.24, 2.45) is 5.41 Å². The van der Waals surface area contributed by atoms with Gasteiger partial charge in [-0.3, -0.25) is 4.79 Å². The summed E-state index contributed by atoms with van der Waals surface area (Å²) in [5.41, 5.74) is 1.76. The lowest BCUT2D eigenvalue weighted by Gasteiger charge is -2.44. The Balaban J connectivity index is 1.34. The summed E-state index contributed by atoms with van der Waals surface area (Å²) in [6.45, 7) is 0.954. The SMILES string of the molecule is O=C(c1ncc[nH]1)C12Cc3cnn(-c4ccc(F)cc4)c3C=C1CCN(Sc1ccc(C(F)(F)F)cc1)C2. The Labute approximate surface area is 219 Å². The molecular weight excluding hydrogens is 518 g/mol. The van der Waals surface area contributed by atoms with Crippen LogP contribution in [0.2, 0.25) is 0 Å². The molecule has 1 saturated heterocycles. The van der Waals surface area contributed by atoms with Crippen LogP contribution in [0.3, 0.4) is 0 Å². The number of carbonyl (C=O) groups excluding carboxylic acids is 1. The Bertz CT molecular complexity index is 1510. The number of nitrogens with one attached hydrogen (secondary N) is 1. The minimum Gasteiger partial charge on any atom is -0.342 e. The van der Waals surface area contributed by atoms with Gasteiger partial charge < -0.3 is 4.98 Å². The quantitative estimate of drug-likeness (QED) is 0.192. The van der Waals surface area contributed by atoms with Gasteiger partial charge in [-0.15, -0.1) is 0 Å². The normalized spacial score (nSPS) is 19.5. The largest absolute Gasteiger partial charge is 0.416 e. The van der Waals surface area contributed by atoms with Crippen LogP contribution in [0, 0.1) is 11.2 Å². The molecule has 0 bridgehead atoms. The van der Waals surface area contributed by atoms with Gasteiger partial charge in [-0.05, 0) is 85.0 Å². The molecule has 1 unspecified atom stereocenters. The monoisotopic (exact) mass is 539 g/mol. The van der Waals surface area contributed by atoms with Crippen molar-refractivity contribution in [1.82, 2.24) is 24.1 Å². The lowest BCUT2D eigenvalue weighted by molar-refractivity contribution is -0.137. The molecule has 1 aliphatic heterocycles. The fraction of sp³-hybridized carbons (Fsp3) is 0.222. The molecule has 0 spiro atoms. The number of rotatable bonds is 5. The first-order valence-electron chi connectivity index (χ1n) is 11.9. The van der Waals surface area contributed by atoms with Gasteiger partial charge in [-0.25, -0.2) is 18.4 Å². The maximum absolute atomic E-state index is 13.9. The van der Waals surface area contributed by atoms with Crippen LogP contribution in [0.5, 0.6) is 0 Å². The number of imidazole rings is 1. The molecule has 1 fully saturated rings. The number of ketones is 1. The van der Waals surface area contributed by atoms with Crippen LogP contribution in [0.25, 0.3) is 11.8 Å². The molecule has 194 valence electrons. The summed E-state index contributed by atoms with van der Waals surface area (Å²) in [5.74, 6) is -0.229. The van der Waals surface area contributed by atoms with E-state index in [1.54, 1.807) is 29.2 Å². The van der Waals surface area contributed by atoms with E-state index in [0.717, 1.165) is 29.0 Å². The van der Waals surface area contributed by atoms with Gasteiger partial charge in [0, 0.05) is 30.4 Å². The molecule has 6 nitrogen and oxygen atoms in total. The average molecular weight is 540 g/mol. The topological polar surface area (TPSA) is 66.8 Å². The molecule has 6 rings (SSSR count). The third kappa shape index (κ3) is 4.35. The average Bonchev–Trinajstić information content (AvgIpc) is 3.57. The Morgan fingerprint density at radius 3 is 2.53 bits per heavy atom. The van der Waals surface area contributed by atoms with Gasteiger partial charge >= 0.3 is 6.18 Å². The molecule has 0 radical (unpaired) electrons. The molecular formula is C27H21F4N5OS. The van der Waals surface area contributed by atoms with Crippen LogP contribution in [0.4, 0.5) is 17.6 Å². The molecule has 2 aliphatic rings. The summed E-state index contributed by atoms with van der Waals surface area (Å²) in [7, 11) is 0. The highest BCUT2D eigenvalue weighted by molar-refractivity contribution is 7.97. The van der Waals surface area contributed by atoms with E-state index in [4.69, 9.17) is 0 Å². The number of piperidine rings is 1. The van der Waals surface area contributed by atoms with Crippen molar-refractivity contribution in [3.63, 3.8) is 0 Å². The van der Waals surface area contributed by atoms with Gasteiger partial charge in [0.25, 0.3) is 0 Å². The fourth-order valence-electron chi connectivity index (χ4n) is 5.15. The summed E-state index contributed by atoms with van der Waals surface area (Å²) < 4.78 is 56.2. The van der Waals surface area contributed by atoms with Crippen molar-refractivity contribution < 1.29 is 22.4 Å². The van der Waals surface area contributed by atoms with Crippen LogP contribution < -0.4 is 0 Å². The number of halogens is 4. The number of fused-ring (bicyclic) bond motifs is 2. The van der Waals surface area contributed by atoms with Gasteiger partial charge in [0.1, 0.15) is 5.82 Å². The molecule has 2 aromatic heterocycles. The second-order valence-corrected chi connectivity index (χ2v) is 10.5. The van der Waals surface area contributed by atoms with Gasteiger partial charge in [0.05, 0.1) is 28.6 Å². The predicted octanol–water partition coefficient (Wildman–Crippen LogP) is 5.98. The van der Waals surface area contributed by atoms with E-state index >= 15 is 0 Å². The van der Waals surface area contributed by atoms with Gasteiger partial charge in [0.2, 0.25) is 5.78 Å². The molecule has 0 amide bonds. The van der Waals surface area contributed by atoms with Gasteiger partial charge in [-0.1, -0.05) is 5.57 Å². The zero-order chi connectivity index (χ0) is 26.5. The van der Waals surface area contributed by atoms with Crippen molar-refractivity contribution in [2.45, 2.75) is 23.9 Å². The van der Waals surface area contributed by atoms with E-state index in [1.807, 2.05) is 10.4 Å². The zero-order valence-corrected chi connectivity index (χ0v) is 20.7. The zero-order valence-electron chi connectivity index (χ0n) is 19.9. The highest BCUT2D eigenvalue weighted by atomic mass is 32.2. The molecule has 2 aromatic carbocycles. The van der Waals surface area contributed by atoms with Crippen LogP contribution in [-0.4, -0.2) is 42.9 Å². The number of benzene rings is 2. The van der Waals surface area contributed by atoms with Gasteiger partial charge in [0.15, 0.2) is 5.82 Å². The standard InChI is InChI=1S/C27H21F4N5OS/c28-20-3-5-21(6-4-20)36-23-13-19-9-12-35(38-22-7-1-18(2-8-22)27(29,30)31)16-26(19,14-17(23)15-34-36)24(37)25-32-10-11-33-25/h1-8,10-11,13,15H,9,12,14,16H2,(H,32,33). The Morgan fingerprint density at radius 2 is 1.84 bits per heavy atom. The fourth-order valence-corrected chi connectivity index (χ4v) is 6.18. The highest BCUT2D eigenvalue weighted by Crippen LogP contribution is 2.48. The van der Waals surface area contributed by atoms with Crippen molar-refractivity contribution >= 4 is 23.8 Å². The Morgan fingerprint density at radius 1 is 1.08 bits per heavy atom. The van der Waals surface area contributed by atoms with Crippen molar-refractivity contribution in [1.29, 1.82) is 0 Å². The van der Waals surface area contributed by atoms with Crippen molar-refractivity contribution in [2.75, 3.05) is 13.1 Å². The van der Waals surface area contributed by atoms with Crippen LogP contribution in [-0.2, 0) is 12.6 Å². The number of aromatic nitrogens is 4. The number of nitrogens with zero attached hydrogens (tertiary/aromatic N) is 4. The first-order valence-corrected chi connectivity index (χ1v) is 12.7. The lowest BCUT2D eigenvalue weighted by Crippen LogP contribution is -2.49. The molecule has 3 heterocycles. The number of carbonyl (C=O) groups is 1. The highest BCUT2D eigenvalue weighted by Gasteiger charge is 2.49. The summed E-state index contributed by atoms with van der Waals surface area (Å²) in [5, 5.41) is 4.53. The number of hydrogen-bond donors (Lipinski definition) is 1. The first-order chi connectivity index (χ1) is 18.2. The number of aromatic amines is 1. The molecule has 1 aliphatic carbocycles. The van der Waals surface area contributed by atoms with Crippen LogP contribution in [0.1, 0.15) is 33.9 Å². The maximum atomic E-state index is 13.9. The Kier molecular flexibility index (Phi) is 5.99. The van der Waals surface area contributed by atoms with E-state index < -0.39 is 17.2 Å². The van der Waals surface area contributed by atoms with E-state index in [-0.39, 0.29) is 17.4 Å². The molecule has 0 saturated carbocycles. The molecule has 38 heavy (non-hydrogen) atoms. The molecule has 1 atom stereocenters. The Hall–Kier alpha value is -3.70. The number of alkyl halides is 3.